The average Bonchev–Trinajstić information content (AvgIpc) is 2.38. The van der Waals surface area contributed by atoms with Crippen LogP contribution in [0.4, 0.5) is 5.95 Å². The van der Waals surface area contributed by atoms with Crippen molar-refractivity contribution in [2.45, 2.75) is 21.9 Å². The SMILES string of the molecule is CCNc1nc(Cl)nc(Sc2ccc(S(C)(=O)=O)cc2)n1. The summed E-state index contributed by atoms with van der Waals surface area (Å²) in [5.74, 6) is 0.410. The summed E-state index contributed by atoms with van der Waals surface area (Å²) in [6, 6.07) is 6.49. The lowest BCUT2D eigenvalue weighted by atomic mass is 10.4. The van der Waals surface area contributed by atoms with Crippen LogP contribution in [0.5, 0.6) is 0 Å². The van der Waals surface area contributed by atoms with Crippen LogP contribution >= 0.6 is 23.4 Å². The van der Waals surface area contributed by atoms with Crippen LogP contribution < -0.4 is 5.32 Å². The highest BCUT2D eigenvalue weighted by Gasteiger charge is 2.09. The lowest BCUT2D eigenvalue weighted by Gasteiger charge is -2.05. The Morgan fingerprint density at radius 1 is 1.19 bits per heavy atom. The summed E-state index contributed by atoms with van der Waals surface area (Å²) in [6.07, 6.45) is 1.17. The summed E-state index contributed by atoms with van der Waals surface area (Å²) < 4.78 is 22.8. The summed E-state index contributed by atoms with van der Waals surface area (Å²) >= 11 is 7.12. The van der Waals surface area contributed by atoms with Gasteiger partial charge in [-0.3, -0.25) is 0 Å². The van der Waals surface area contributed by atoms with E-state index in [2.05, 4.69) is 20.3 Å². The molecule has 21 heavy (non-hydrogen) atoms. The zero-order valence-corrected chi connectivity index (χ0v) is 13.8. The molecule has 1 N–H and O–H groups in total. The van der Waals surface area contributed by atoms with Crippen LogP contribution in [0.15, 0.2) is 39.2 Å². The van der Waals surface area contributed by atoms with Crippen molar-refractivity contribution < 1.29 is 8.42 Å². The van der Waals surface area contributed by atoms with Crippen LogP contribution in [0, 0.1) is 0 Å². The second-order valence-corrected chi connectivity index (χ2v) is 7.48. The molecule has 0 aliphatic rings. The van der Waals surface area contributed by atoms with Crippen LogP contribution in [-0.4, -0.2) is 36.2 Å². The summed E-state index contributed by atoms with van der Waals surface area (Å²) in [7, 11) is -3.19. The Bertz CT molecular complexity index is 735. The molecule has 0 atom stereocenters. The highest BCUT2D eigenvalue weighted by atomic mass is 35.5. The Balaban J connectivity index is 2.22. The molecule has 1 aromatic carbocycles. The maximum atomic E-state index is 11.4. The van der Waals surface area contributed by atoms with Gasteiger partial charge in [-0.05, 0) is 54.6 Å². The van der Waals surface area contributed by atoms with Crippen molar-refractivity contribution in [1.29, 1.82) is 0 Å². The lowest BCUT2D eigenvalue weighted by molar-refractivity contribution is 0.602. The normalized spacial score (nSPS) is 11.4. The molecule has 0 unspecified atom stereocenters. The van der Waals surface area contributed by atoms with E-state index in [9.17, 15) is 8.42 Å². The van der Waals surface area contributed by atoms with E-state index in [0.29, 0.717) is 17.6 Å². The molecule has 0 aliphatic heterocycles. The Labute approximate surface area is 132 Å². The highest BCUT2D eigenvalue weighted by molar-refractivity contribution is 7.99. The van der Waals surface area contributed by atoms with Crippen LogP contribution in [0.25, 0.3) is 0 Å². The van der Waals surface area contributed by atoms with Crippen LogP contribution in [-0.2, 0) is 9.84 Å². The van der Waals surface area contributed by atoms with E-state index in [1.165, 1.54) is 18.0 Å². The summed E-state index contributed by atoms with van der Waals surface area (Å²) in [6.45, 7) is 2.60. The van der Waals surface area contributed by atoms with Gasteiger partial charge in [0.15, 0.2) is 15.0 Å². The number of anilines is 1. The van der Waals surface area contributed by atoms with E-state index in [1.807, 2.05) is 6.92 Å². The van der Waals surface area contributed by atoms with Gasteiger partial charge in [0.25, 0.3) is 0 Å². The van der Waals surface area contributed by atoms with Gasteiger partial charge in [0, 0.05) is 17.7 Å². The molecule has 2 rings (SSSR count). The molecule has 1 heterocycles. The van der Waals surface area contributed by atoms with Crippen molar-refractivity contribution >= 4 is 39.1 Å². The monoisotopic (exact) mass is 344 g/mol. The fraction of sp³-hybridized carbons (Fsp3) is 0.250. The minimum atomic E-state index is -3.19. The molecular formula is C12H13ClN4O2S2. The molecule has 0 spiro atoms. The molecule has 0 radical (unpaired) electrons. The molecule has 1 aromatic heterocycles. The minimum Gasteiger partial charge on any atom is -0.354 e. The van der Waals surface area contributed by atoms with Crippen molar-refractivity contribution in [2.75, 3.05) is 18.1 Å². The Hall–Kier alpha value is -1.38. The molecule has 0 saturated heterocycles. The second kappa shape index (κ2) is 6.59. The van der Waals surface area contributed by atoms with Crippen molar-refractivity contribution in [3.05, 3.63) is 29.5 Å². The Morgan fingerprint density at radius 3 is 2.43 bits per heavy atom. The summed E-state index contributed by atoms with van der Waals surface area (Å²) in [5.41, 5.74) is 0. The van der Waals surface area contributed by atoms with E-state index in [1.54, 1.807) is 24.3 Å². The zero-order valence-electron chi connectivity index (χ0n) is 11.4. The smallest absolute Gasteiger partial charge is 0.228 e. The van der Waals surface area contributed by atoms with Crippen molar-refractivity contribution in [3.63, 3.8) is 0 Å². The number of nitrogens with zero attached hydrogens (tertiary/aromatic N) is 3. The zero-order chi connectivity index (χ0) is 15.5. The van der Waals surface area contributed by atoms with Crippen molar-refractivity contribution in [1.82, 2.24) is 15.0 Å². The maximum absolute atomic E-state index is 11.4. The second-order valence-electron chi connectivity index (χ2n) is 4.09. The number of aromatic nitrogens is 3. The first-order chi connectivity index (χ1) is 9.88. The van der Waals surface area contributed by atoms with Gasteiger partial charge in [-0.2, -0.15) is 15.0 Å². The number of rotatable bonds is 5. The molecule has 0 bridgehead atoms. The third-order valence-corrected chi connectivity index (χ3v) is 4.55. The number of nitrogens with one attached hydrogen (secondary N) is 1. The Kier molecular flexibility index (Phi) is 5.02. The molecule has 2 aromatic rings. The standard InChI is InChI=1S/C12H13ClN4O2S2/c1-3-14-11-15-10(13)16-12(17-11)20-8-4-6-9(7-5-8)21(2,18)19/h4-7H,3H2,1-2H3,(H,14,15,16,17). The summed E-state index contributed by atoms with van der Waals surface area (Å²) in [4.78, 5) is 13.3. The average molecular weight is 345 g/mol. The third kappa shape index (κ3) is 4.55. The fourth-order valence-electron chi connectivity index (χ4n) is 1.48. The number of hydrogen-bond donors (Lipinski definition) is 1. The van der Waals surface area contributed by atoms with E-state index in [-0.39, 0.29) is 10.2 Å². The van der Waals surface area contributed by atoms with Crippen molar-refractivity contribution in [2.24, 2.45) is 0 Å². The van der Waals surface area contributed by atoms with Gasteiger partial charge in [-0.25, -0.2) is 8.42 Å². The molecule has 6 nitrogen and oxygen atoms in total. The van der Waals surface area contributed by atoms with Crippen LogP contribution in [0.3, 0.4) is 0 Å². The van der Waals surface area contributed by atoms with E-state index >= 15 is 0 Å². The quantitative estimate of drug-likeness (QED) is 0.891. The highest BCUT2D eigenvalue weighted by Crippen LogP contribution is 2.26. The first-order valence-electron chi connectivity index (χ1n) is 6.02. The van der Waals surface area contributed by atoms with Gasteiger partial charge >= 0.3 is 0 Å². The van der Waals surface area contributed by atoms with Gasteiger partial charge in [0.2, 0.25) is 11.2 Å². The first kappa shape index (κ1) is 16.0. The molecule has 9 heteroatoms. The number of sulfone groups is 1. The molecule has 0 saturated carbocycles. The van der Waals surface area contributed by atoms with E-state index in [4.69, 9.17) is 11.6 Å². The molecule has 0 aliphatic carbocycles. The number of halogens is 1. The van der Waals surface area contributed by atoms with Crippen LogP contribution in [0.2, 0.25) is 5.28 Å². The van der Waals surface area contributed by atoms with Crippen LogP contribution in [0.1, 0.15) is 6.92 Å². The molecule has 0 fully saturated rings. The number of benzene rings is 1. The molecular weight excluding hydrogens is 332 g/mol. The largest absolute Gasteiger partial charge is 0.354 e. The first-order valence-corrected chi connectivity index (χ1v) is 9.10. The molecule has 0 amide bonds. The maximum Gasteiger partial charge on any atom is 0.228 e. The third-order valence-electron chi connectivity index (χ3n) is 2.38. The van der Waals surface area contributed by atoms with E-state index < -0.39 is 9.84 Å². The predicted molar refractivity (Wildman–Crippen MR) is 82.7 cm³/mol. The van der Waals surface area contributed by atoms with Crippen molar-refractivity contribution in [3.8, 4) is 0 Å². The van der Waals surface area contributed by atoms with Gasteiger partial charge in [0.05, 0.1) is 4.90 Å². The Morgan fingerprint density at radius 2 is 1.86 bits per heavy atom. The lowest BCUT2D eigenvalue weighted by Crippen LogP contribution is -2.04. The van der Waals surface area contributed by atoms with Gasteiger partial charge in [0.1, 0.15) is 0 Å². The topological polar surface area (TPSA) is 84.8 Å². The minimum absolute atomic E-state index is 0.108. The summed E-state index contributed by atoms with van der Waals surface area (Å²) in [5, 5.41) is 3.51. The van der Waals surface area contributed by atoms with Gasteiger partial charge < -0.3 is 5.32 Å². The van der Waals surface area contributed by atoms with Gasteiger partial charge in [-0.1, -0.05) is 0 Å². The molecule has 112 valence electrons. The fourth-order valence-corrected chi connectivity index (χ4v) is 3.06. The van der Waals surface area contributed by atoms with E-state index in [0.717, 1.165) is 4.90 Å². The van der Waals surface area contributed by atoms with Gasteiger partial charge in [-0.15, -0.1) is 0 Å². The number of hydrogen-bond acceptors (Lipinski definition) is 7. The predicted octanol–water partition coefficient (Wildman–Crippen LogP) is 2.51.